The summed E-state index contributed by atoms with van der Waals surface area (Å²) in [4.78, 5) is 24.5. The Kier molecular flexibility index (Phi) is 6.73. The lowest BCUT2D eigenvalue weighted by molar-refractivity contribution is -0.133. The van der Waals surface area contributed by atoms with E-state index in [2.05, 4.69) is 10.6 Å². The standard InChI is InChI=1S/C18H19ClN2O6/c1-24-13-6-5-10(19)7-12(13)21-18(23)17(22)20-11-8-14(25-2)16(27-4)15(9-11)26-3/h5-9H,1-4H3,(H,20,22)(H,21,23). The number of anilines is 2. The minimum absolute atomic E-state index is 0.273. The first-order valence-electron chi connectivity index (χ1n) is 7.69. The highest BCUT2D eigenvalue weighted by molar-refractivity contribution is 6.44. The Morgan fingerprint density at radius 3 is 1.85 bits per heavy atom. The molecule has 0 aliphatic carbocycles. The van der Waals surface area contributed by atoms with Gasteiger partial charge in [-0.1, -0.05) is 11.6 Å². The number of benzene rings is 2. The predicted molar refractivity (Wildman–Crippen MR) is 101 cm³/mol. The Labute approximate surface area is 161 Å². The second-order valence-corrected chi connectivity index (χ2v) is 5.60. The predicted octanol–water partition coefficient (Wildman–Crippen LogP) is 2.95. The average molecular weight is 395 g/mol. The summed E-state index contributed by atoms with van der Waals surface area (Å²) in [5, 5.41) is 5.31. The molecule has 0 atom stereocenters. The van der Waals surface area contributed by atoms with Crippen LogP contribution in [0.5, 0.6) is 23.0 Å². The van der Waals surface area contributed by atoms with Gasteiger partial charge in [-0.3, -0.25) is 9.59 Å². The Bertz CT molecular complexity index is 831. The van der Waals surface area contributed by atoms with Gasteiger partial charge in [0.2, 0.25) is 5.75 Å². The van der Waals surface area contributed by atoms with Crippen LogP contribution >= 0.6 is 11.6 Å². The number of halogens is 1. The Balaban J connectivity index is 2.20. The Morgan fingerprint density at radius 1 is 0.778 bits per heavy atom. The van der Waals surface area contributed by atoms with E-state index in [-0.39, 0.29) is 5.69 Å². The van der Waals surface area contributed by atoms with Gasteiger partial charge in [0.05, 0.1) is 34.1 Å². The summed E-state index contributed by atoms with van der Waals surface area (Å²) < 4.78 is 20.8. The van der Waals surface area contributed by atoms with Crippen LogP contribution in [0.4, 0.5) is 11.4 Å². The van der Waals surface area contributed by atoms with E-state index in [0.29, 0.717) is 33.7 Å². The van der Waals surface area contributed by atoms with Crippen LogP contribution in [0.1, 0.15) is 0 Å². The maximum absolute atomic E-state index is 12.2. The molecule has 0 bridgehead atoms. The first-order valence-corrected chi connectivity index (χ1v) is 8.07. The van der Waals surface area contributed by atoms with Crippen molar-refractivity contribution < 1.29 is 28.5 Å². The number of carbonyl (C=O) groups excluding carboxylic acids is 2. The molecule has 0 spiro atoms. The number of carbonyl (C=O) groups is 2. The zero-order chi connectivity index (χ0) is 20.0. The van der Waals surface area contributed by atoms with Crippen molar-refractivity contribution >= 4 is 34.8 Å². The van der Waals surface area contributed by atoms with Crippen LogP contribution in [0.3, 0.4) is 0 Å². The van der Waals surface area contributed by atoms with E-state index in [1.165, 1.54) is 46.6 Å². The van der Waals surface area contributed by atoms with Gasteiger partial charge < -0.3 is 29.6 Å². The third-order valence-electron chi connectivity index (χ3n) is 3.54. The van der Waals surface area contributed by atoms with Gasteiger partial charge in [0.1, 0.15) is 5.75 Å². The average Bonchev–Trinajstić information content (AvgIpc) is 2.67. The molecule has 0 heterocycles. The number of nitrogens with one attached hydrogen (secondary N) is 2. The first-order chi connectivity index (χ1) is 12.9. The van der Waals surface area contributed by atoms with Gasteiger partial charge in [-0.05, 0) is 18.2 Å². The molecule has 0 unspecified atom stereocenters. The van der Waals surface area contributed by atoms with Gasteiger partial charge in [-0.2, -0.15) is 0 Å². The van der Waals surface area contributed by atoms with Crippen LogP contribution in [0.2, 0.25) is 5.02 Å². The summed E-state index contributed by atoms with van der Waals surface area (Å²) in [6.45, 7) is 0. The smallest absolute Gasteiger partial charge is 0.314 e. The maximum Gasteiger partial charge on any atom is 0.314 e. The molecule has 0 aliphatic heterocycles. The molecular weight excluding hydrogens is 376 g/mol. The summed E-state index contributed by atoms with van der Waals surface area (Å²) in [5.41, 5.74) is 0.567. The normalized spacial score (nSPS) is 9.96. The highest BCUT2D eigenvalue weighted by Gasteiger charge is 2.19. The molecule has 0 saturated heterocycles. The van der Waals surface area contributed by atoms with Gasteiger partial charge >= 0.3 is 11.8 Å². The molecule has 0 aliphatic rings. The lowest BCUT2D eigenvalue weighted by Gasteiger charge is -2.15. The molecule has 0 radical (unpaired) electrons. The molecule has 2 amide bonds. The van der Waals surface area contributed by atoms with E-state index in [9.17, 15) is 9.59 Å². The number of hydrogen-bond donors (Lipinski definition) is 2. The molecule has 0 fully saturated rings. The number of ether oxygens (including phenoxy) is 4. The number of methoxy groups -OCH3 is 4. The molecule has 2 rings (SSSR count). The van der Waals surface area contributed by atoms with E-state index in [4.69, 9.17) is 30.5 Å². The van der Waals surface area contributed by atoms with Crippen LogP contribution in [0, 0.1) is 0 Å². The largest absolute Gasteiger partial charge is 0.495 e. The fourth-order valence-electron chi connectivity index (χ4n) is 2.30. The molecule has 8 nitrogen and oxygen atoms in total. The summed E-state index contributed by atoms with van der Waals surface area (Å²) in [7, 11) is 5.79. The maximum atomic E-state index is 12.2. The van der Waals surface area contributed by atoms with Gasteiger partial charge in [0, 0.05) is 22.8 Å². The molecule has 2 aromatic rings. The van der Waals surface area contributed by atoms with Crippen molar-refractivity contribution in [3.63, 3.8) is 0 Å². The highest BCUT2D eigenvalue weighted by atomic mass is 35.5. The summed E-state index contributed by atoms with van der Waals surface area (Å²) >= 11 is 5.91. The molecule has 0 saturated carbocycles. The van der Waals surface area contributed by atoms with E-state index in [0.717, 1.165) is 0 Å². The lowest BCUT2D eigenvalue weighted by atomic mass is 10.2. The van der Waals surface area contributed by atoms with Crippen molar-refractivity contribution in [2.75, 3.05) is 39.1 Å². The second-order valence-electron chi connectivity index (χ2n) is 5.17. The fraction of sp³-hybridized carbons (Fsp3) is 0.222. The summed E-state index contributed by atoms with van der Waals surface area (Å²) in [6.07, 6.45) is 0. The molecular formula is C18H19ClN2O6. The van der Waals surface area contributed by atoms with Gasteiger partial charge in [-0.25, -0.2) is 0 Å². The number of amides is 2. The van der Waals surface area contributed by atoms with Crippen molar-refractivity contribution in [3.05, 3.63) is 35.4 Å². The first kappa shape index (κ1) is 20.2. The zero-order valence-electron chi connectivity index (χ0n) is 15.2. The fourth-order valence-corrected chi connectivity index (χ4v) is 2.47. The molecule has 144 valence electrons. The van der Waals surface area contributed by atoms with E-state index in [1.54, 1.807) is 12.1 Å². The van der Waals surface area contributed by atoms with Crippen LogP contribution in [0.25, 0.3) is 0 Å². The quantitative estimate of drug-likeness (QED) is 0.731. The van der Waals surface area contributed by atoms with Gasteiger partial charge in [0.25, 0.3) is 0 Å². The lowest BCUT2D eigenvalue weighted by Crippen LogP contribution is -2.29. The minimum atomic E-state index is -0.899. The van der Waals surface area contributed by atoms with E-state index >= 15 is 0 Å². The van der Waals surface area contributed by atoms with Crippen LogP contribution < -0.4 is 29.6 Å². The topological polar surface area (TPSA) is 95.1 Å². The van der Waals surface area contributed by atoms with Crippen LogP contribution in [-0.4, -0.2) is 40.3 Å². The van der Waals surface area contributed by atoms with Crippen molar-refractivity contribution in [2.24, 2.45) is 0 Å². The molecule has 27 heavy (non-hydrogen) atoms. The third-order valence-corrected chi connectivity index (χ3v) is 3.77. The van der Waals surface area contributed by atoms with Crippen molar-refractivity contribution in [3.8, 4) is 23.0 Å². The van der Waals surface area contributed by atoms with Crippen LogP contribution in [0.15, 0.2) is 30.3 Å². The molecule has 0 aromatic heterocycles. The molecule has 2 aromatic carbocycles. The minimum Gasteiger partial charge on any atom is -0.495 e. The van der Waals surface area contributed by atoms with E-state index in [1.807, 2.05) is 0 Å². The van der Waals surface area contributed by atoms with Crippen molar-refractivity contribution in [1.82, 2.24) is 0 Å². The summed E-state index contributed by atoms with van der Waals surface area (Å²) in [5.74, 6) is -0.386. The van der Waals surface area contributed by atoms with Crippen molar-refractivity contribution in [1.29, 1.82) is 0 Å². The van der Waals surface area contributed by atoms with Gasteiger partial charge in [0.15, 0.2) is 11.5 Å². The highest BCUT2D eigenvalue weighted by Crippen LogP contribution is 2.39. The van der Waals surface area contributed by atoms with Gasteiger partial charge in [-0.15, -0.1) is 0 Å². The second kappa shape index (κ2) is 9.00. The SMILES string of the molecule is COc1ccc(Cl)cc1NC(=O)C(=O)Nc1cc(OC)c(OC)c(OC)c1. The zero-order valence-corrected chi connectivity index (χ0v) is 16.0. The van der Waals surface area contributed by atoms with Crippen molar-refractivity contribution in [2.45, 2.75) is 0 Å². The monoisotopic (exact) mass is 394 g/mol. The Morgan fingerprint density at radius 2 is 1.33 bits per heavy atom. The number of hydrogen-bond acceptors (Lipinski definition) is 6. The van der Waals surface area contributed by atoms with Crippen LogP contribution in [-0.2, 0) is 9.59 Å². The van der Waals surface area contributed by atoms with E-state index < -0.39 is 11.8 Å². The summed E-state index contributed by atoms with van der Waals surface area (Å²) in [6, 6.07) is 7.67. The number of rotatable bonds is 6. The third kappa shape index (κ3) is 4.73. The Hall–Kier alpha value is -3.13. The molecule has 9 heteroatoms. The molecule has 2 N–H and O–H groups in total.